The second kappa shape index (κ2) is 6.51. The van der Waals surface area contributed by atoms with Crippen molar-refractivity contribution in [2.75, 3.05) is 7.05 Å². The van der Waals surface area contributed by atoms with Crippen LogP contribution in [0.3, 0.4) is 0 Å². The van der Waals surface area contributed by atoms with Gasteiger partial charge < -0.3 is 18.3 Å². The first-order valence-corrected chi connectivity index (χ1v) is 8.26. The Hall–Kier alpha value is -3.35. The quantitative estimate of drug-likeness (QED) is 0.552. The first-order valence-electron chi connectivity index (χ1n) is 8.26. The highest BCUT2D eigenvalue weighted by Crippen LogP contribution is 2.24. The number of carbonyl (C=O) groups excluding carboxylic acids is 1. The van der Waals surface area contributed by atoms with Crippen molar-refractivity contribution < 1.29 is 13.6 Å². The van der Waals surface area contributed by atoms with Crippen LogP contribution in [0.1, 0.15) is 11.7 Å². The molecule has 1 amide bonds. The summed E-state index contributed by atoms with van der Waals surface area (Å²) in [7, 11) is 1.77. The molecule has 0 saturated heterocycles. The van der Waals surface area contributed by atoms with Gasteiger partial charge in [-0.25, -0.2) is 0 Å². The molecule has 4 rings (SSSR count). The molecule has 132 valence electrons. The van der Waals surface area contributed by atoms with Crippen molar-refractivity contribution in [2.45, 2.75) is 20.0 Å². The maximum atomic E-state index is 12.6. The summed E-state index contributed by atoms with van der Waals surface area (Å²) in [5.74, 6) is 1.74. The van der Waals surface area contributed by atoms with E-state index in [-0.39, 0.29) is 12.5 Å². The lowest BCUT2D eigenvalue weighted by Crippen LogP contribution is -2.29. The van der Waals surface area contributed by atoms with E-state index in [1.54, 1.807) is 25.1 Å². The van der Waals surface area contributed by atoms with Crippen molar-refractivity contribution >= 4 is 16.8 Å². The summed E-state index contributed by atoms with van der Waals surface area (Å²) >= 11 is 0. The molecule has 7 nitrogen and oxygen atoms in total. The molecule has 0 unspecified atom stereocenters. The van der Waals surface area contributed by atoms with Gasteiger partial charge in [0.05, 0.1) is 12.8 Å². The lowest BCUT2D eigenvalue weighted by molar-refractivity contribution is -0.131. The van der Waals surface area contributed by atoms with Gasteiger partial charge in [0, 0.05) is 31.2 Å². The molecule has 0 fully saturated rings. The number of rotatable bonds is 5. The van der Waals surface area contributed by atoms with Crippen molar-refractivity contribution in [3.8, 4) is 11.5 Å². The lowest BCUT2D eigenvalue weighted by Gasteiger charge is -2.16. The predicted octanol–water partition coefficient (Wildman–Crippen LogP) is 3.25. The van der Waals surface area contributed by atoms with Crippen molar-refractivity contribution in [3.05, 3.63) is 60.5 Å². The summed E-state index contributed by atoms with van der Waals surface area (Å²) in [5.41, 5.74) is 1.77. The first-order chi connectivity index (χ1) is 12.6. The van der Waals surface area contributed by atoms with E-state index >= 15 is 0 Å². The number of fused-ring (bicyclic) bond motifs is 1. The molecule has 0 saturated carbocycles. The third-order valence-electron chi connectivity index (χ3n) is 4.25. The molecule has 26 heavy (non-hydrogen) atoms. The average molecular weight is 350 g/mol. The Morgan fingerprint density at radius 3 is 2.85 bits per heavy atom. The van der Waals surface area contributed by atoms with Crippen LogP contribution >= 0.6 is 0 Å². The number of hydrogen-bond donors (Lipinski definition) is 0. The Kier molecular flexibility index (Phi) is 4.04. The number of hydrogen-bond acceptors (Lipinski definition) is 5. The van der Waals surface area contributed by atoms with E-state index in [2.05, 4.69) is 10.2 Å². The highest BCUT2D eigenvalue weighted by Gasteiger charge is 2.14. The third kappa shape index (κ3) is 3.11. The Morgan fingerprint density at radius 1 is 1.23 bits per heavy atom. The Balaban J connectivity index is 1.57. The van der Waals surface area contributed by atoms with Gasteiger partial charge >= 0.3 is 0 Å². The normalized spacial score (nSPS) is 11.2. The standard InChI is InChI=1S/C19H18N4O3/c1-13-20-21-19(26-13)15-6-5-14-7-8-23(17(14)10-15)12-18(24)22(2)11-16-4-3-9-25-16/h3-10H,11-12H2,1-2H3. The Bertz CT molecular complexity index is 1050. The van der Waals surface area contributed by atoms with E-state index in [0.29, 0.717) is 18.3 Å². The van der Waals surface area contributed by atoms with Crippen molar-refractivity contribution in [1.82, 2.24) is 19.7 Å². The van der Waals surface area contributed by atoms with Gasteiger partial charge in [0.1, 0.15) is 12.3 Å². The Morgan fingerprint density at radius 2 is 2.12 bits per heavy atom. The molecule has 0 atom stereocenters. The minimum Gasteiger partial charge on any atom is -0.467 e. The zero-order chi connectivity index (χ0) is 18.1. The van der Waals surface area contributed by atoms with E-state index in [1.807, 2.05) is 47.2 Å². The zero-order valence-electron chi connectivity index (χ0n) is 14.5. The molecular weight excluding hydrogens is 332 g/mol. The fourth-order valence-corrected chi connectivity index (χ4v) is 2.86. The van der Waals surface area contributed by atoms with E-state index < -0.39 is 0 Å². The van der Waals surface area contributed by atoms with Crippen LogP contribution in [-0.2, 0) is 17.9 Å². The van der Waals surface area contributed by atoms with Crippen LogP contribution in [0.25, 0.3) is 22.4 Å². The van der Waals surface area contributed by atoms with Crippen molar-refractivity contribution in [1.29, 1.82) is 0 Å². The number of aryl methyl sites for hydroxylation is 1. The van der Waals surface area contributed by atoms with Crippen LogP contribution in [0.15, 0.2) is 57.7 Å². The maximum absolute atomic E-state index is 12.6. The molecule has 0 aliphatic carbocycles. The predicted molar refractivity (Wildman–Crippen MR) is 95.1 cm³/mol. The topological polar surface area (TPSA) is 77.3 Å². The minimum atomic E-state index is -0.00191. The number of aromatic nitrogens is 3. The molecule has 3 heterocycles. The molecule has 0 spiro atoms. The van der Waals surface area contributed by atoms with Gasteiger partial charge in [-0.2, -0.15) is 0 Å². The maximum Gasteiger partial charge on any atom is 0.247 e. The molecule has 3 aromatic heterocycles. The van der Waals surface area contributed by atoms with Crippen LogP contribution in [0.4, 0.5) is 0 Å². The molecule has 0 aliphatic rings. The van der Waals surface area contributed by atoms with Gasteiger partial charge in [0.2, 0.25) is 17.7 Å². The first kappa shape index (κ1) is 16.1. The molecule has 1 aromatic carbocycles. The molecule has 0 N–H and O–H groups in total. The summed E-state index contributed by atoms with van der Waals surface area (Å²) in [5, 5.41) is 8.97. The lowest BCUT2D eigenvalue weighted by atomic mass is 10.1. The number of furan rings is 1. The Labute approximate surface area is 149 Å². The number of nitrogens with zero attached hydrogens (tertiary/aromatic N) is 4. The second-order valence-corrected chi connectivity index (χ2v) is 6.17. The van der Waals surface area contributed by atoms with E-state index in [1.165, 1.54) is 0 Å². The SMILES string of the molecule is Cc1nnc(-c2ccc3ccn(CC(=O)N(C)Cc4ccco4)c3c2)o1. The zero-order valence-corrected chi connectivity index (χ0v) is 14.5. The van der Waals surface area contributed by atoms with Crippen LogP contribution in [0.5, 0.6) is 0 Å². The highest BCUT2D eigenvalue weighted by molar-refractivity contribution is 5.86. The van der Waals surface area contributed by atoms with Crippen molar-refractivity contribution in [3.63, 3.8) is 0 Å². The van der Waals surface area contributed by atoms with Crippen LogP contribution in [0, 0.1) is 6.92 Å². The van der Waals surface area contributed by atoms with Crippen molar-refractivity contribution in [2.24, 2.45) is 0 Å². The number of likely N-dealkylation sites (N-methyl/N-ethyl adjacent to an activating group) is 1. The molecule has 7 heteroatoms. The second-order valence-electron chi connectivity index (χ2n) is 6.17. The largest absolute Gasteiger partial charge is 0.467 e. The molecule has 0 bridgehead atoms. The fraction of sp³-hybridized carbons (Fsp3) is 0.211. The average Bonchev–Trinajstić information content (AvgIpc) is 3.36. The summed E-state index contributed by atoms with van der Waals surface area (Å²) < 4.78 is 12.7. The summed E-state index contributed by atoms with van der Waals surface area (Å²) in [6.07, 6.45) is 3.51. The fourth-order valence-electron chi connectivity index (χ4n) is 2.86. The number of benzene rings is 1. The van der Waals surface area contributed by atoms with E-state index in [0.717, 1.165) is 22.2 Å². The number of carbonyl (C=O) groups is 1. The molecular formula is C19H18N4O3. The van der Waals surface area contributed by atoms with Gasteiger partial charge in [-0.3, -0.25) is 4.79 Å². The van der Waals surface area contributed by atoms with Gasteiger partial charge in [-0.05, 0) is 35.7 Å². The minimum absolute atomic E-state index is 0.00191. The molecule has 0 radical (unpaired) electrons. The molecule has 4 aromatic rings. The smallest absolute Gasteiger partial charge is 0.247 e. The van der Waals surface area contributed by atoms with Crippen LogP contribution in [-0.4, -0.2) is 32.6 Å². The van der Waals surface area contributed by atoms with Crippen LogP contribution < -0.4 is 0 Å². The third-order valence-corrected chi connectivity index (χ3v) is 4.25. The van der Waals surface area contributed by atoms with E-state index in [9.17, 15) is 4.79 Å². The summed E-state index contributed by atoms with van der Waals surface area (Å²) in [6, 6.07) is 11.5. The van der Waals surface area contributed by atoms with Gasteiger partial charge in [0.25, 0.3) is 0 Å². The summed E-state index contributed by atoms with van der Waals surface area (Å²) in [4.78, 5) is 14.2. The number of amides is 1. The monoisotopic (exact) mass is 350 g/mol. The summed E-state index contributed by atoms with van der Waals surface area (Å²) in [6.45, 7) is 2.44. The highest BCUT2D eigenvalue weighted by atomic mass is 16.4. The van der Waals surface area contributed by atoms with Gasteiger partial charge in [0.15, 0.2) is 0 Å². The van der Waals surface area contributed by atoms with Gasteiger partial charge in [-0.15, -0.1) is 10.2 Å². The van der Waals surface area contributed by atoms with Crippen LogP contribution in [0.2, 0.25) is 0 Å². The van der Waals surface area contributed by atoms with Gasteiger partial charge in [-0.1, -0.05) is 6.07 Å². The van der Waals surface area contributed by atoms with E-state index in [4.69, 9.17) is 8.83 Å². The molecule has 0 aliphatic heterocycles.